The Hall–Kier alpha value is -2.94. The molecule has 1 fully saturated rings. The number of pyridine rings is 1. The highest BCUT2D eigenvalue weighted by Gasteiger charge is 2.19. The molecule has 31 heavy (non-hydrogen) atoms. The minimum absolute atomic E-state index is 0.253. The summed E-state index contributed by atoms with van der Waals surface area (Å²) in [4.78, 5) is 4.32. The maximum atomic E-state index is 6.25. The van der Waals surface area contributed by atoms with E-state index in [1.807, 2.05) is 23.1 Å². The molecule has 1 aromatic carbocycles. The van der Waals surface area contributed by atoms with E-state index in [0.29, 0.717) is 33.0 Å². The van der Waals surface area contributed by atoms with Gasteiger partial charge in [0.25, 0.3) is 5.89 Å². The number of nitrogens with zero attached hydrogens (tertiary/aromatic N) is 5. The van der Waals surface area contributed by atoms with Gasteiger partial charge in [-0.05, 0) is 50.2 Å². The summed E-state index contributed by atoms with van der Waals surface area (Å²) in [5, 5.41) is 17.2. The highest BCUT2D eigenvalue weighted by atomic mass is 35.5. The number of piperidine rings is 1. The summed E-state index contributed by atoms with van der Waals surface area (Å²) in [5.41, 5.74) is 9.02. The fourth-order valence-corrected chi connectivity index (χ4v) is 4.04. The van der Waals surface area contributed by atoms with Crippen LogP contribution < -0.4 is 11.1 Å². The molecule has 4 aromatic rings. The van der Waals surface area contributed by atoms with Crippen LogP contribution >= 0.6 is 23.2 Å². The predicted octanol–water partition coefficient (Wildman–Crippen LogP) is 4.48. The first-order valence-corrected chi connectivity index (χ1v) is 10.6. The van der Waals surface area contributed by atoms with E-state index in [4.69, 9.17) is 33.4 Å². The van der Waals surface area contributed by atoms with Crippen LogP contribution in [0.25, 0.3) is 34.0 Å². The van der Waals surface area contributed by atoms with Gasteiger partial charge in [-0.1, -0.05) is 23.2 Å². The van der Waals surface area contributed by atoms with Crippen LogP contribution in [-0.4, -0.2) is 38.1 Å². The molecule has 0 radical (unpaired) electrons. The Morgan fingerprint density at radius 1 is 1.00 bits per heavy atom. The van der Waals surface area contributed by atoms with Crippen molar-refractivity contribution < 1.29 is 4.42 Å². The second-order valence-corrected chi connectivity index (χ2v) is 8.23. The lowest BCUT2D eigenvalue weighted by molar-refractivity contribution is 0.343. The molecule has 4 heterocycles. The van der Waals surface area contributed by atoms with Gasteiger partial charge >= 0.3 is 0 Å². The fraction of sp³-hybridized carbons (Fsp3) is 0.238. The SMILES string of the molecule is Nc1ncc(-c2cnn(C3CCNCC3)c2)cc1-c1nnc(-c2cc(Cl)ccc2Cl)o1. The monoisotopic (exact) mass is 455 g/mol. The van der Waals surface area contributed by atoms with Gasteiger partial charge in [0.1, 0.15) is 5.82 Å². The van der Waals surface area contributed by atoms with Crippen molar-refractivity contribution in [2.24, 2.45) is 0 Å². The number of anilines is 1. The van der Waals surface area contributed by atoms with Crippen molar-refractivity contribution >= 4 is 29.0 Å². The number of nitrogens with one attached hydrogen (secondary N) is 1. The second kappa shape index (κ2) is 8.30. The topological polar surface area (TPSA) is 108 Å². The Labute approximate surface area is 188 Å². The minimum atomic E-state index is 0.253. The Kier molecular flexibility index (Phi) is 5.35. The molecule has 1 saturated heterocycles. The molecule has 0 aliphatic carbocycles. The maximum Gasteiger partial charge on any atom is 0.251 e. The summed E-state index contributed by atoms with van der Waals surface area (Å²) in [6, 6.07) is 7.33. The van der Waals surface area contributed by atoms with Crippen molar-refractivity contribution in [3.8, 4) is 34.0 Å². The number of rotatable bonds is 4. The van der Waals surface area contributed by atoms with Crippen LogP contribution in [0.1, 0.15) is 18.9 Å². The fourth-order valence-electron chi connectivity index (χ4n) is 3.66. The highest BCUT2D eigenvalue weighted by Crippen LogP contribution is 2.34. The predicted molar refractivity (Wildman–Crippen MR) is 120 cm³/mol. The number of aromatic nitrogens is 5. The Morgan fingerprint density at radius 2 is 1.77 bits per heavy atom. The van der Waals surface area contributed by atoms with Crippen LogP contribution in [0.3, 0.4) is 0 Å². The Bertz CT molecular complexity index is 1230. The first-order valence-electron chi connectivity index (χ1n) is 9.88. The third-order valence-corrected chi connectivity index (χ3v) is 5.92. The summed E-state index contributed by atoms with van der Waals surface area (Å²) in [7, 11) is 0. The van der Waals surface area contributed by atoms with Gasteiger partial charge in [0.05, 0.1) is 28.4 Å². The third kappa shape index (κ3) is 4.01. The Balaban J connectivity index is 1.47. The van der Waals surface area contributed by atoms with Crippen LogP contribution in [-0.2, 0) is 0 Å². The van der Waals surface area contributed by atoms with E-state index in [9.17, 15) is 0 Å². The van der Waals surface area contributed by atoms with E-state index in [1.165, 1.54) is 0 Å². The molecule has 0 atom stereocenters. The smallest absolute Gasteiger partial charge is 0.251 e. The standard InChI is InChI=1S/C21H19Cl2N7O/c22-14-1-2-18(23)16(8-14)20-28-29-21(31-20)17-7-12(9-26-19(17)24)13-10-27-30(11-13)15-3-5-25-6-4-15/h1-2,7-11,15,25H,3-6H2,(H2,24,26). The van der Waals surface area contributed by atoms with Crippen LogP contribution in [0.2, 0.25) is 10.0 Å². The lowest BCUT2D eigenvalue weighted by atomic mass is 10.1. The van der Waals surface area contributed by atoms with Crippen molar-refractivity contribution in [3.05, 3.63) is 52.9 Å². The summed E-state index contributed by atoms with van der Waals surface area (Å²) in [6.07, 6.45) is 7.71. The van der Waals surface area contributed by atoms with Crippen molar-refractivity contribution in [2.45, 2.75) is 18.9 Å². The molecule has 3 N–H and O–H groups in total. The van der Waals surface area contributed by atoms with Gasteiger partial charge in [-0.2, -0.15) is 5.10 Å². The van der Waals surface area contributed by atoms with Crippen LogP contribution in [0.5, 0.6) is 0 Å². The van der Waals surface area contributed by atoms with E-state index < -0.39 is 0 Å². The zero-order chi connectivity index (χ0) is 21.4. The molecule has 1 aliphatic heterocycles. The molecule has 0 unspecified atom stereocenters. The van der Waals surface area contributed by atoms with Gasteiger partial charge in [0.15, 0.2) is 0 Å². The summed E-state index contributed by atoms with van der Waals surface area (Å²) >= 11 is 12.3. The van der Waals surface area contributed by atoms with Gasteiger partial charge in [-0.3, -0.25) is 4.68 Å². The van der Waals surface area contributed by atoms with E-state index in [-0.39, 0.29) is 11.8 Å². The molecule has 1 aliphatic rings. The number of hydrogen-bond donors (Lipinski definition) is 2. The number of nitrogens with two attached hydrogens (primary N) is 1. The van der Waals surface area contributed by atoms with Gasteiger partial charge in [-0.25, -0.2) is 4.98 Å². The molecule has 0 bridgehead atoms. The molecule has 8 nitrogen and oxygen atoms in total. The molecule has 5 rings (SSSR count). The Morgan fingerprint density at radius 3 is 2.58 bits per heavy atom. The van der Waals surface area contributed by atoms with Crippen molar-refractivity contribution in [2.75, 3.05) is 18.8 Å². The normalized spacial score (nSPS) is 14.8. The van der Waals surface area contributed by atoms with E-state index in [1.54, 1.807) is 24.4 Å². The molecule has 3 aromatic heterocycles. The van der Waals surface area contributed by atoms with Gasteiger partial charge < -0.3 is 15.5 Å². The lowest BCUT2D eigenvalue weighted by Gasteiger charge is -2.22. The molecular weight excluding hydrogens is 437 g/mol. The molecule has 10 heteroatoms. The second-order valence-electron chi connectivity index (χ2n) is 7.38. The van der Waals surface area contributed by atoms with E-state index in [2.05, 4.69) is 25.6 Å². The molecular formula is C21H19Cl2N7O. The van der Waals surface area contributed by atoms with Gasteiger partial charge in [0, 0.05) is 28.5 Å². The number of benzene rings is 1. The van der Waals surface area contributed by atoms with Crippen LogP contribution in [0.15, 0.2) is 47.3 Å². The summed E-state index contributed by atoms with van der Waals surface area (Å²) < 4.78 is 7.88. The average Bonchev–Trinajstić information content (AvgIpc) is 3.47. The van der Waals surface area contributed by atoms with Crippen LogP contribution in [0, 0.1) is 0 Å². The van der Waals surface area contributed by atoms with Crippen LogP contribution in [0.4, 0.5) is 5.82 Å². The van der Waals surface area contributed by atoms with Gasteiger partial charge in [0.2, 0.25) is 5.89 Å². The lowest BCUT2D eigenvalue weighted by Crippen LogP contribution is -2.29. The van der Waals surface area contributed by atoms with Crippen molar-refractivity contribution in [1.29, 1.82) is 0 Å². The molecule has 0 spiro atoms. The van der Waals surface area contributed by atoms with Crippen molar-refractivity contribution in [1.82, 2.24) is 30.3 Å². The van der Waals surface area contributed by atoms with E-state index >= 15 is 0 Å². The first kappa shape index (κ1) is 20.0. The first-order chi connectivity index (χ1) is 15.1. The molecule has 0 saturated carbocycles. The quantitative estimate of drug-likeness (QED) is 0.466. The molecule has 158 valence electrons. The third-order valence-electron chi connectivity index (χ3n) is 5.35. The number of halogens is 2. The van der Waals surface area contributed by atoms with Crippen molar-refractivity contribution in [3.63, 3.8) is 0 Å². The summed E-state index contributed by atoms with van der Waals surface area (Å²) in [6.45, 7) is 2.01. The van der Waals surface area contributed by atoms with Gasteiger partial charge in [-0.15, -0.1) is 10.2 Å². The maximum absolute atomic E-state index is 6.25. The number of nitrogen functional groups attached to an aromatic ring is 1. The highest BCUT2D eigenvalue weighted by molar-refractivity contribution is 6.35. The number of hydrogen-bond acceptors (Lipinski definition) is 7. The largest absolute Gasteiger partial charge is 0.416 e. The van der Waals surface area contributed by atoms with E-state index in [0.717, 1.165) is 37.1 Å². The zero-order valence-corrected chi connectivity index (χ0v) is 17.9. The molecule has 0 amide bonds. The summed E-state index contributed by atoms with van der Waals surface area (Å²) in [5.74, 6) is 0.802. The average molecular weight is 456 g/mol. The minimum Gasteiger partial charge on any atom is -0.416 e. The zero-order valence-electron chi connectivity index (χ0n) is 16.4.